The van der Waals surface area contributed by atoms with E-state index in [1.807, 2.05) is 0 Å². The Hall–Kier alpha value is -0.0800. The minimum atomic E-state index is -0.0654. The van der Waals surface area contributed by atoms with Crippen LogP contribution in [0.2, 0.25) is 0 Å². The fourth-order valence-corrected chi connectivity index (χ4v) is 2.60. The lowest BCUT2D eigenvalue weighted by atomic mass is 9.77. The summed E-state index contributed by atoms with van der Waals surface area (Å²) >= 11 is 0. The molecule has 0 aromatic carbocycles. The average molecular weight is 214 g/mol. The summed E-state index contributed by atoms with van der Waals surface area (Å²) in [6.45, 7) is 6.52. The maximum Gasteiger partial charge on any atom is 0.0622 e. The van der Waals surface area contributed by atoms with Crippen molar-refractivity contribution < 1.29 is 9.84 Å². The summed E-state index contributed by atoms with van der Waals surface area (Å²) in [7, 11) is 1.78. The zero-order chi connectivity index (χ0) is 11.5. The first kappa shape index (κ1) is 13.0. The Bertz CT molecular complexity index is 179. The van der Waals surface area contributed by atoms with Crippen molar-refractivity contribution in [1.82, 2.24) is 0 Å². The number of rotatable bonds is 4. The van der Waals surface area contributed by atoms with Crippen molar-refractivity contribution in [2.75, 3.05) is 7.11 Å². The lowest BCUT2D eigenvalue weighted by molar-refractivity contribution is 0.00231. The van der Waals surface area contributed by atoms with Crippen LogP contribution in [-0.4, -0.2) is 23.9 Å². The van der Waals surface area contributed by atoms with E-state index in [1.54, 1.807) is 7.11 Å². The Balaban J connectivity index is 2.32. The molecule has 1 fully saturated rings. The Kier molecular flexibility index (Phi) is 4.60. The summed E-state index contributed by atoms with van der Waals surface area (Å²) in [5.41, 5.74) is -0.00830. The summed E-state index contributed by atoms with van der Waals surface area (Å²) < 4.78 is 5.42. The molecule has 1 N–H and O–H groups in total. The first-order chi connectivity index (χ1) is 6.93. The average Bonchev–Trinajstić information content (AvgIpc) is 2.14. The van der Waals surface area contributed by atoms with Gasteiger partial charge in [0.05, 0.1) is 11.7 Å². The third-order valence-electron chi connectivity index (χ3n) is 3.72. The topological polar surface area (TPSA) is 29.5 Å². The Labute approximate surface area is 94.0 Å². The summed E-state index contributed by atoms with van der Waals surface area (Å²) in [5.74, 6) is 1.38. The summed E-state index contributed by atoms with van der Waals surface area (Å²) in [6, 6.07) is 0. The second-order valence-corrected chi connectivity index (χ2v) is 5.83. The molecule has 0 heterocycles. The third-order valence-corrected chi connectivity index (χ3v) is 3.72. The number of hydrogen-bond donors (Lipinski definition) is 1. The zero-order valence-corrected chi connectivity index (χ0v) is 10.6. The number of ether oxygens (including phenoxy) is 1. The van der Waals surface area contributed by atoms with Crippen LogP contribution in [0.1, 0.15) is 52.9 Å². The first-order valence-corrected chi connectivity index (χ1v) is 6.16. The van der Waals surface area contributed by atoms with Gasteiger partial charge in [0.15, 0.2) is 0 Å². The molecule has 2 nitrogen and oxygen atoms in total. The van der Waals surface area contributed by atoms with Crippen LogP contribution in [0, 0.1) is 11.8 Å². The highest BCUT2D eigenvalue weighted by atomic mass is 16.5. The van der Waals surface area contributed by atoms with Crippen molar-refractivity contribution in [3.05, 3.63) is 0 Å². The molecule has 0 radical (unpaired) electrons. The predicted octanol–water partition coefficient (Wildman–Crippen LogP) is 2.99. The minimum Gasteiger partial charge on any atom is -0.393 e. The van der Waals surface area contributed by atoms with Gasteiger partial charge in [0.25, 0.3) is 0 Å². The molecule has 1 rings (SSSR count). The van der Waals surface area contributed by atoms with E-state index < -0.39 is 0 Å². The molecule has 0 spiro atoms. The van der Waals surface area contributed by atoms with Crippen molar-refractivity contribution in [3.63, 3.8) is 0 Å². The van der Waals surface area contributed by atoms with E-state index in [4.69, 9.17) is 4.74 Å². The van der Waals surface area contributed by atoms with Crippen molar-refractivity contribution in [2.24, 2.45) is 11.8 Å². The highest BCUT2D eigenvalue weighted by Crippen LogP contribution is 2.33. The molecule has 90 valence electrons. The summed E-state index contributed by atoms with van der Waals surface area (Å²) in [6.07, 6.45) is 5.46. The van der Waals surface area contributed by atoms with E-state index in [0.717, 1.165) is 19.3 Å². The quantitative estimate of drug-likeness (QED) is 0.779. The molecule has 0 amide bonds. The minimum absolute atomic E-state index is 0.00830. The van der Waals surface area contributed by atoms with Crippen molar-refractivity contribution in [3.8, 4) is 0 Å². The fraction of sp³-hybridized carbons (Fsp3) is 1.00. The van der Waals surface area contributed by atoms with Crippen LogP contribution >= 0.6 is 0 Å². The van der Waals surface area contributed by atoms with Gasteiger partial charge in [0.2, 0.25) is 0 Å². The molecule has 0 bridgehead atoms. The molecule has 0 aromatic heterocycles. The molecular weight excluding hydrogens is 188 g/mol. The van der Waals surface area contributed by atoms with Crippen LogP contribution < -0.4 is 0 Å². The van der Waals surface area contributed by atoms with Crippen LogP contribution in [0.3, 0.4) is 0 Å². The number of methoxy groups -OCH3 is 1. The van der Waals surface area contributed by atoms with Crippen LogP contribution in [-0.2, 0) is 4.74 Å². The van der Waals surface area contributed by atoms with Crippen LogP contribution in [0.4, 0.5) is 0 Å². The molecule has 3 atom stereocenters. The monoisotopic (exact) mass is 214 g/mol. The van der Waals surface area contributed by atoms with Gasteiger partial charge in [0, 0.05) is 7.11 Å². The second kappa shape index (κ2) is 5.31. The van der Waals surface area contributed by atoms with E-state index in [-0.39, 0.29) is 11.7 Å². The number of aliphatic hydroxyl groups excluding tert-OH is 1. The summed E-state index contributed by atoms with van der Waals surface area (Å²) in [5, 5.41) is 9.71. The Morgan fingerprint density at radius 3 is 2.47 bits per heavy atom. The van der Waals surface area contributed by atoms with Gasteiger partial charge in [-0.15, -0.1) is 0 Å². The zero-order valence-electron chi connectivity index (χ0n) is 10.6. The predicted molar refractivity (Wildman–Crippen MR) is 62.8 cm³/mol. The van der Waals surface area contributed by atoms with Gasteiger partial charge in [-0.2, -0.15) is 0 Å². The maximum atomic E-state index is 9.71. The van der Waals surface area contributed by atoms with E-state index in [9.17, 15) is 5.11 Å². The molecule has 3 unspecified atom stereocenters. The molecule has 15 heavy (non-hydrogen) atoms. The van der Waals surface area contributed by atoms with Gasteiger partial charge < -0.3 is 9.84 Å². The smallest absolute Gasteiger partial charge is 0.0622 e. The van der Waals surface area contributed by atoms with Crippen molar-refractivity contribution >= 4 is 0 Å². The molecular formula is C13H26O2. The molecule has 1 aliphatic carbocycles. The Morgan fingerprint density at radius 1 is 1.27 bits per heavy atom. The van der Waals surface area contributed by atoms with Crippen LogP contribution in [0.25, 0.3) is 0 Å². The number of hydrogen-bond acceptors (Lipinski definition) is 2. The van der Waals surface area contributed by atoms with E-state index >= 15 is 0 Å². The van der Waals surface area contributed by atoms with E-state index in [2.05, 4.69) is 20.8 Å². The number of aliphatic hydroxyl groups is 1. The molecule has 1 saturated carbocycles. The van der Waals surface area contributed by atoms with Crippen LogP contribution in [0.5, 0.6) is 0 Å². The van der Waals surface area contributed by atoms with Gasteiger partial charge >= 0.3 is 0 Å². The summed E-state index contributed by atoms with van der Waals surface area (Å²) in [4.78, 5) is 0. The highest BCUT2D eigenvalue weighted by molar-refractivity contribution is 4.79. The third kappa shape index (κ3) is 4.52. The lowest BCUT2D eigenvalue weighted by Gasteiger charge is -2.32. The van der Waals surface area contributed by atoms with Gasteiger partial charge in [-0.3, -0.25) is 0 Å². The fourth-order valence-electron chi connectivity index (χ4n) is 2.60. The van der Waals surface area contributed by atoms with Crippen LogP contribution in [0.15, 0.2) is 0 Å². The van der Waals surface area contributed by atoms with E-state index in [1.165, 1.54) is 12.8 Å². The van der Waals surface area contributed by atoms with Crippen molar-refractivity contribution in [1.29, 1.82) is 0 Å². The molecule has 2 heteroatoms. The first-order valence-electron chi connectivity index (χ1n) is 6.16. The van der Waals surface area contributed by atoms with Gasteiger partial charge in [-0.25, -0.2) is 0 Å². The van der Waals surface area contributed by atoms with Gasteiger partial charge in [-0.05, 0) is 57.8 Å². The second-order valence-electron chi connectivity index (χ2n) is 5.83. The lowest BCUT2D eigenvalue weighted by Crippen LogP contribution is -2.28. The van der Waals surface area contributed by atoms with Crippen molar-refractivity contribution in [2.45, 2.75) is 64.6 Å². The van der Waals surface area contributed by atoms with Gasteiger partial charge in [-0.1, -0.05) is 6.92 Å². The molecule has 1 aliphatic rings. The maximum absolute atomic E-state index is 9.71. The molecule has 0 aromatic rings. The van der Waals surface area contributed by atoms with Gasteiger partial charge in [0.1, 0.15) is 0 Å². The normalized spacial score (nSPS) is 33.0. The molecule has 0 aliphatic heterocycles. The van der Waals surface area contributed by atoms with E-state index in [0.29, 0.717) is 11.8 Å². The standard InChI is InChI=1S/C13H26O2/c1-10-7-11(9-12(14)8-10)5-6-13(2,3)15-4/h10-12,14H,5-9H2,1-4H3. The molecule has 0 saturated heterocycles. The highest BCUT2D eigenvalue weighted by Gasteiger charge is 2.27. The largest absolute Gasteiger partial charge is 0.393 e. The SMILES string of the molecule is COC(C)(C)CCC1CC(C)CC(O)C1. The Morgan fingerprint density at radius 2 is 1.93 bits per heavy atom.